The summed E-state index contributed by atoms with van der Waals surface area (Å²) in [7, 11) is 3.40. The van der Waals surface area contributed by atoms with Gasteiger partial charge in [0.15, 0.2) is 11.5 Å². The molecular weight excluding hydrogens is 388 g/mol. The van der Waals surface area contributed by atoms with Gasteiger partial charge in [-0.2, -0.15) is 0 Å². The molecule has 0 fully saturated rings. The number of ether oxygens (including phenoxy) is 2. The first-order valence-corrected chi connectivity index (χ1v) is 9.53. The minimum Gasteiger partial charge on any atom is -0.489 e. The minimum atomic E-state index is -0.308. The molecule has 1 aliphatic rings. The maximum atomic E-state index is 12.6. The van der Waals surface area contributed by atoms with Gasteiger partial charge in [0.05, 0.1) is 18.2 Å². The third-order valence-corrected chi connectivity index (χ3v) is 5.08. The van der Waals surface area contributed by atoms with E-state index < -0.39 is 0 Å². The molecule has 3 rings (SSSR count). The highest BCUT2D eigenvalue weighted by molar-refractivity contribution is 8.13. The van der Waals surface area contributed by atoms with Crippen molar-refractivity contribution in [2.24, 2.45) is 0 Å². The summed E-state index contributed by atoms with van der Waals surface area (Å²) < 4.78 is 11.2. The lowest BCUT2D eigenvalue weighted by Gasteiger charge is -2.12. The van der Waals surface area contributed by atoms with Crippen molar-refractivity contribution in [3.05, 3.63) is 47.0 Å². The fourth-order valence-electron chi connectivity index (χ4n) is 2.36. The SMILES string of the molecule is CN(C)C(=O)Sc1ccc(NC(=O)c2cc(Cl)c3c(c2)OCCCO3)cc1. The van der Waals surface area contributed by atoms with Crippen molar-refractivity contribution in [2.45, 2.75) is 11.3 Å². The Bertz CT molecular complexity index is 856. The van der Waals surface area contributed by atoms with E-state index in [4.69, 9.17) is 21.1 Å². The van der Waals surface area contributed by atoms with Crippen LogP contribution in [0.5, 0.6) is 11.5 Å². The molecule has 0 saturated heterocycles. The Morgan fingerprint density at radius 2 is 1.81 bits per heavy atom. The summed E-state index contributed by atoms with van der Waals surface area (Å²) >= 11 is 7.36. The molecule has 0 spiro atoms. The second kappa shape index (κ2) is 8.54. The standard InChI is InChI=1S/C19H19ClN2O4S/c1-22(2)19(24)27-14-6-4-13(5-7-14)21-18(23)12-10-15(20)17-16(11-12)25-8-3-9-26-17/h4-7,10-11H,3,8-9H2,1-2H3,(H,21,23). The first-order valence-electron chi connectivity index (χ1n) is 8.34. The van der Waals surface area contributed by atoms with Crippen LogP contribution >= 0.6 is 23.4 Å². The highest BCUT2D eigenvalue weighted by Crippen LogP contribution is 2.38. The molecule has 2 aromatic rings. The van der Waals surface area contributed by atoms with E-state index in [0.717, 1.165) is 23.1 Å². The fraction of sp³-hybridized carbons (Fsp3) is 0.263. The number of hydrogen-bond acceptors (Lipinski definition) is 5. The van der Waals surface area contributed by atoms with Gasteiger partial charge in [-0.15, -0.1) is 0 Å². The molecule has 142 valence electrons. The van der Waals surface area contributed by atoms with Crippen LogP contribution in [-0.2, 0) is 0 Å². The van der Waals surface area contributed by atoms with Crippen LogP contribution in [0.4, 0.5) is 10.5 Å². The minimum absolute atomic E-state index is 0.0615. The lowest BCUT2D eigenvalue weighted by Crippen LogP contribution is -2.16. The zero-order valence-corrected chi connectivity index (χ0v) is 16.5. The van der Waals surface area contributed by atoms with Gasteiger partial charge in [-0.25, -0.2) is 0 Å². The van der Waals surface area contributed by atoms with Gasteiger partial charge in [0.1, 0.15) is 0 Å². The summed E-state index contributed by atoms with van der Waals surface area (Å²) in [6.07, 6.45) is 0.757. The van der Waals surface area contributed by atoms with Crippen molar-refractivity contribution in [3.8, 4) is 11.5 Å². The van der Waals surface area contributed by atoms with Crippen molar-refractivity contribution in [1.82, 2.24) is 4.90 Å². The summed E-state index contributed by atoms with van der Waals surface area (Å²) in [5.74, 6) is 0.633. The molecule has 2 aromatic carbocycles. The molecule has 0 bridgehead atoms. The highest BCUT2D eigenvalue weighted by atomic mass is 35.5. The summed E-state index contributed by atoms with van der Waals surface area (Å²) in [5, 5.41) is 3.09. The van der Waals surface area contributed by atoms with E-state index in [-0.39, 0.29) is 11.1 Å². The van der Waals surface area contributed by atoms with E-state index in [1.54, 1.807) is 50.5 Å². The Labute approximate surface area is 166 Å². The average Bonchev–Trinajstić information content (AvgIpc) is 2.89. The van der Waals surface area contributed by atoms with Gasteiger partial charge >= 0.3 is 0 Å². The number of halogens is 1. The number of thioether (sulfide) groups is 1. The van der Waals surface area contributed by atoms with Gasteiger partial charge in [0.2, 0.25) is 0 Å². The number of fused-ring (bicyclic) bond motifs is 1. The number of benzene rings is 2. The van der Waals surface area contributed by atoms with E-state index >= 15 is 0 Å². The predicted molar refractivity (Wildman–Crippen MR) is 106 cm³/mol. The van der Waals surface area contributed by atoms with Crippen LogP contribution < -0.4 is 14.8 Å². The van der Waals surface area contributed by atoms with Crippen LogP contribution in [0.25, 0.3) is 0 Å². The summed E-state index contributed by atoms with van der Waals surface area (Å²) in [6.45, 7) is 1.04. The number of carbonyl (C=O) groups excluding carboxylic acids is 2. The topological polar surface area (TPSA) is 67.9 Å². The maximum absolute atomic E-state index is 12.6. The molecule has 0 aliphatic carbocycles. The van der Waals surface area contributed by atoms with E-state index in [0.29, 0.717) is 41.0 Å². The zero-order chi connectivity index (χ0) is 19.4. The van der Waals surface area contributed by atoms with Gasteiger partial charge < -0.3 is 19.7 Å². The van der Waals surface area contributed by atoms with E-state index in [9.17, 15) is 9.59 Å². The van der Waals surface area contributed by atoms with Crippen LogP contribution in [0.2, 0.25) is 5.02 Å². The third kappa shape index (κ3) is 4.87. The molecule has 0 aromatic heterocycles. The monoisotopic (exact) mass is 406 g/mol. The Hall–Kier alpha value is -2.38. The van der Waals surface area contributed by atoms with Crippen molar-refractivity contribution in [2.75, 3.05) is 32.6 Å². The van der Waals surface area contributed by atoms with E-state index in [1.165, 1.54) is 4.90 Å². The zero-order valence-electron chi connectivity index (χ0n) is 15.0. The number of anilines is 1. The number of rotatable bonds is 3. The van der Waals surface area contributed by atoms with Crippen molar-refractivity contribution < 1.29 is 19.1 Å². The second-order valence-corrected chi connectivity index (χ2v) is 7.51. The van der Waals surface area contributed by atoms with Crippen LogP contribution in [-0.4, -0.2) is 43.4 Å². The number of amides is 2. The van der Waals surface area contributed by atoms with E-state index in [2.05, 4.69) is 5.32 Å². The molecule has 1 N–H and O–H groups in total. The van der Waals surface area contributed by atoms with Crippen molar-refractivity contribution in [3.63, 3.8) is 0 Å². The second-order valence-electron chi connectivity index (χ2n) is 6.08. The molecule has 8 heteroatoms. The van der Waals surface area contributed by atoms with Gasteiger partial charge in [-0.1, -0.05) is 11.6 Å². The van der Waals surface area contributed by atoms with Gasteiger partial charge in [-0.3, -0.25) is 9.59 Å². The smallest absolute Gasteiger partial charge is 0.285 e. The fourth-order valence-corrected chi connectivity index (χ4v) is 3.29. The van der Waals surface area contributed by atoms with Crippen LogP contribution in [0, 0.1) is 0 Å². The van der Waals surface area contributed by atoms with Gasteiger partial charge in [0, 0.05) is 36.7 Å². The number of nitrogens with one attached hydrogen (secondary N) is 1. The molecule has 1 aliphatic heterocycles. The Morgan fingerprint density at radius 1 is 1.11 bits per heavy atom. The van der Waals surface area contributed by atoms with Gasteiger partial charge in [0.25, 0.3) is 11.1 Å². The Kier molecular flexibility index (Phi) is 6.13. The molecule has 0 radical (unpaired) electrons. The lowest BCUT2D eigenvalue weighted by atomic mass is 10.1. The summed E-state index contributed by atoms with van der Waals surface area (Å²) in [4.78, 5) is 26.6. The molecule has 0 atom stereocenters. The Morgan fingerprint density at radius 3 is 2.52 bits per heavy atom. The predicted octanol–water partition coefficient (Wildman–Crippen LogP) is 4.53. The first kappa shape index (κ1) is 19.4. The summed E-state index contributed by atoms with van der Waals surface area (Å²) in [5.41, 5.74) is 0.996. The maximum Gasteiger partial charge on any atom is 0.285 e. The number of nitrogens with zero attached hydrogens (tertiary/aromatic N) is 1. The molecule has 6 nitrogen and oxygen atoms in total. The summed E-state index contributed by atoms with van der Waals surface area (Å²) in [6, 6.07) is 10.2. The largest absolute Gasteiger partial charge is 0.489 e. The normalized spacial score (nSPS) is 12.9. The van der Waals surface area contributed by atoms with Crippen LogP contribution in [0.3, 0.4) is 0 Å². The molecular formula is C19H19ClN2O4S. The van der Waals surface area contributed by atoms with Crippen LogP contribution in [0.15, 0.2) is 41.3 Å². The molecule has 0 saturated carbocycles. The molecule has 27 heavy (non-hydrogen) atoms. The van der Waals surface area contributed by atoms with Crippen molar-refractivity contribution >= 4 is 40.2 Å². The highest BCUT2D eigenvalue weighted by Gasteiger charge is 2.18. The first-order chi connectivity index (χ1) is 12.9. The van der Waals surface area contributed by atoms with Crippen molar-refractivity contribution in [1.29, 1.82) is 0 Å². The number of hydrogen-bond donors (Lipinski definition) is 1. The third-order valence-electron chi connectivity index (χ3n) is 3.75. The van der Waals surface area contributed by atoms with Crippen LogP contribution in [0.1, 0.15) is 16.8 Å². The van der Waals surface area contributed by atoms with E-state index in [1.807, 2.05) is 0 Å². The lowest BCUT2D eigenvalue weighted by molar-refractivity contribution is 0.102. The van der Waals surface area contributed by atoms with Gasteiger partial charge in [-0.05, 0) is 48.2 Å². The Balaban J connectivity index is 1.71. The molecule has 0 unspecified atom stereocenters. The molecule has 1 heterocycles. The molecule has 2 amide bonds. The quantitative estimate of drug-likeness (QED) is 0.758. The average molecular weight is 407 g/mol. The number of carbonyl (C=O) groups is 2.